The highest BCUT2D eigenvalue weighted by Crippen LogP contribution is 2.19. The van der Waals surface area contributed by atoms with Crippen LogP contribution in [-0.4, -0.2) is 32.1 Å². The number of nitrogens with one attached hydrogen (secondary N) is 2. The van der Waals surface area contributed by atoms with Crippen LogP contribution in [0, 0.1) is 11.3 Å². The van der Waals surface area contributed by atoms with Gasteiger partial charge < -0.3 is 15.4 Å². The Bertz CT molecular complexity index is 508. The number of piperidine rings is 1. The minimum absolute atomic E-state index is 0. The van der Waals surface area contributed by atoms with E-state index in [1.54, 1.807) is 18.2 Å². The average Bonchev–Trinajstić information content (AvgIpc) is 2.47. The molecule has 20 heavy (non-hydrogen) atoms. The van der Waals surface area contributed by atoms with E-state index in [9.17, 15) is 4.79 Å². The van der Waals surface area contributed by atoms with Crippen LogP contribution in [0.25, 0.3) is 0 Å². The Kier molecular flexibility index (Phi) is 6.29. The summed E-state index contributed by atoms with van der Waals surface area (Å²) in [5.74, 6) is 0.315. The molecule has 2 N–H and O–H groups in total. The maximum atomic E-state index is 12.1. The van der Waals surface area contributed by atoms with Crippen molar-refractivity contribution >= 4 is 18.3 Å². The maximum Gasteiger partial charge on any atom is 0.251 e. The first-order chi connectivity index (χ1) is 9.24. The molecule has 1 aliphatic rings. The fourth-order valence-electron chi connectivity index (χ4n) is 2.16. The standard InChI is InChI=1S/C14H17N3O2.ClH/c1-19-13-8-10(2-3-11(13)9-15)14(18)17-12-4-6-16-7-5-12;/h2-3,8,12,16H,4-7H2,1H3,(H,17,18);1H. The average molecular weight is 296 g/mol. The highest BCUT2D eigenvalue weighted by atomic mass is 35.5. The fraction of sp³-hybridized carbons (Fsp3) is 0.429. The van der Waals surface area contributed by atoms with Gasteiger partial charge in [-0.1, -0.05) is 0 Å². The number of ether oxygens (including phenoxy) is 1. The molecule has 0 aliphatic carbocycles. The molecule has 1 aromatic carbocycles. The summed E-state index contributed by atoms with van der Waals surface area (Å²) in [6.45, 7) is 1.86. The number of nitriles is 1. The van der Waals surface area contributed by atoms with Gasteiger partial charge in [-0.05, 0) is 44.1 Å². The van der Waals surface area contributed by atoms with E-state index in [4.69, 9.17) is 10.00 Å². The number of amides is 1. The van der Waals surface area contributed by atoms with E-state index in [0.29, 0.717) is 16.9 Å². The zero-order valence-corrected chi connectivity index (χ0v) is 12.1. The van der Waals surface area contributed by atoms with Gasteiger partial charge in [-0.15, -0.1) is 12.4 Å². The Morgan fingerprint density at radius 2 is 2.15 bits per heavy atom. The van der Waals surface area contributed by atoms with E-state index < -0.39 is 0 Å². The molecular formula is C14H18ClN3O2. The molecule has 6 heteroatoms. The van der Waals surface area contributed by atoms with Crippen LogP contribution < -0.4 is 15.4 Å². The highest BCUT2D eigenvalue weighted by molar-refractivity contribution is 5.95. The summed E-state index contributed by atoms with van der Waals surface area (Å²) < 4.78 is 5.10. The van der Waals surface area contributed by atoms with Crippen LogP contribution in [0.15, 0.2) is 18.2 Å². The molecule has 1 amide bonds. The molecule has 1 heterocycles. The third kappa shape index (κ3) is 3.86. The largest absolute Gasteiger partial charge is 0.495 e. The van der Waals surface area contributed by atoms with Crippen molar-refractivity contribution in [1.82, 2.24) is 10.6 Å². The Morgan fingerprint density at radius 1 is 1.45 bits per heavy atom. The first-order valence-corrected chi connectivity index (χ1v) is 6.34. The summed E-state index contributed by atoms with van der Waals surface area (Å²) in [5.41, 5.74) is 0.954. The first kappa shape index (κ1) is 16.3. The van der Waals surface area contributed by atoms with Crippen LogP contribution in [0.5, 0.6) is 5.75 Å². The van der Waals surface area contributed by atoms with Crippen molar-refractivity contribution in [3.8, 4) is 11.8 Å². The highest BCUT2D eigenvalue weighted by Gasteiger charge is 2.17. The predicted octanol–water partition coefficient (Wildman–Crippen LogP) is 1.47. The van der Waals surface area contributed by atoms with Crippen molar-refractivity contribution in [2.24, 2.45) is 0 Å². The number of nitrogens with zero attached hydrogens (tertiary/aromatic N) is 1. The van der Waals surface area contributed by atoms with Crippen molar-refractivity contribution < 1.29 is 9.53 Å². The van der Waals surface area contributed by atoms with E-state index in [1.807, 2.05) is 6.07 Å². The van der Waals surface area contributed by atoms with Gasteiger partial charge >= 0.3 is 0 Å². The zero-order chi connectivity index (χ0) is 13.7. The van der Waals surface area contributed by atoms with Gasteiger partial charge in [-0.25, -0.2) is 0 Å². The summed E-state index contributed by atoms with van der Waals surface area (Å²) in [6, 6.07) is 7.11. The van der Waals surface area contributed by atoms with Gasteiger partial charge in [0.25, 0.3) is 5.91 Å². The predicted molar refractivity (Wildman–Crippen MR) is 78.3 cm³/mol. The maximum absolute atomic E-state index is 12.1. The number of halogens is 1. The molecule has 2 rings (SSSR count). The van der Waals surface area contributed by atoms with Gasteiger partial charge in [0.05, 0.1) is 12.7 Å². The molecule has 0 atom stereocenters. The molecule has 0 radical (unpaired) electrons. The number of rotatable bonds is 3. The number of hydrogen-bond donors (Lipinski definition) is 2. The first-order valence-electron chi connectivity index (χ1n) is 6.34. The minimum atomic E-state index is -0.116. The topological polar surface area (TPSA) is 74.2 Å². The molecule has 1 aromatic rings. The lowest BCUT2D eigenvalue weighted by Crippen LogP contribution is -2.42. The molecule has 5 nitrogen and oxygen atoms in total. The normalized spacial score (nSPS) is 14.8. The van der Waals surface area contributed by atoms with E-state index in [0.717, 1.165) is 25.9 Å². The Balaban J connectivity index is 0.00000200. The molecule has 108 valence electrons. The molecule has 0 aromatic heterocycles. The number of carbonyl (C=O) groups excluding carboxylic acids is 1. The Labute approximate surface area is 124 Å². The fourth-order valence-corrected chi connectivity index (χ4v) is 2.16. The SMILES string of the molecule is COc1cc(C(=O)NC2CCNCC2)ccc1C#N.Cl. The van der Waals surface area contributed by atoms with Gasteiger partial charge in [0.1, 0.15) is 11.8 Å². The molecule has 1 aliphatic heterocycles. The van der Waals surface area contributed by atoms with Gasteiger partial charge in [-0.2, -0.15) is 5.26 Å². The molecule has 1 saturated heterocycles. The lowest BCUT2D eigenvalue weighted by molar-refractivity contribution is 0.0929. The molecule has 0 bridgehead atoms. The van der Waals surface area contributed by atoms with Crippen molar-refractivity contribution in [2.75, 3.05) is 20.2 Å². The zero-order valence-electron chi connectivity index (χ0n) is 11.3. The molecule has 1 fully saturated rings. The lowest BCUT2D eigenvalue weighted by Gasteiger charge is -2.23. The van der Waals surface area contributed by atoms with Crippen molar-refractivity contribution in [1.29, 1.82) is 5.26 Å². The van der Waals surface area contributed by atoms with Gasteiger partial charge in [0, 0.05) is 11.6 Å². The van der Waals surface area contributed by atoms with E-state index in [2.05, 4.69) is 10.6 Å². The molecular weight excluding hydrogens is 278 g/mol. The van der Waals surface area contributed by atoms with Crippen molar-refractivity contribution in [3.05, 3.63) is 29.3 Å². The third-order valence-electron chi connectivity index (χ3n) is 3.26. The van der Waals surface area contributed by atoms with Gasteiger partial charge in [-0.3, -0.25) is 4.79 Å². The minimum Gasteiger partial charge on any atom is -0.495 e. The number of carbonyl (C=O) groups is 1. The summed E-state index contributed by atoms with van der Waals surface area (Å²) in [7, 11) is 1.49. The van der Waals surface area contributed by atoms with Gasteiger partial charge in [0.15, 0.2) is 0 Å². The summed E-state index contributed by atoms with van der Waals surface area (Å²) in [4.78, 5) is 12.1. The van der Waals surface area contributed by atoms with E-state index in [-0.39, 0.29) is 24.4 Å². The van der Waals surface area contributed by atoms with Crippen LogP contribution in [0.3, 0.4) is 0 Å². The molecule has 0 saturated carbocycles. The number of hydrogen-bond acceptors (Lipinski definition) is 4. The van der Waals surface area contributed by atoms with Crippen molar-refractivity contribution in [2.45, 2.75) is 18.9 Å². The van der Waals surface area contributed by atoms with Crippen molar-refractivity contribution in [3.63, 3.8) is 0 Å². The number of benzene rings is 1. The molecule has 0 spiro atoms. The van der Waals surface area contributed by atoms with Crippen LogP contribution in [-0.2, 0) is 0 Å². The Morgan fingerprint density at radius 3 is 2.75 bits per heavy atom. The number of methoxy groups -OCH3 is 1. The van der Waals surface area contributed by atoms with Gasteiger partial charge in [0.2, 0.25) is 0 Å². The van der Waals surface area contributed by atoms with E-state index >= 15 is 0 Å². The second-order valence-electron chi connectivity index (χ2n) is 4.52. The quantitative estimate of drug-likeness (QED) is 0.885. The third-order valence-corrected chi connectivity index (χ3v) is 3.26. The monoisotopic (exact) mass is 295 g/mol. The summed E-state index contributed by atoms with van der Waals surface area (Å²) in [5, 5.41) is 15.2. The smallest absolute Gasteiger partial charge is 0.251 e. The summed E-state index contributed by atoms with van der Waals surface area (Å²) in [6.07, 6.45) is 1.89. The second kappa shape index (κ2) is 7.73. The Hall–Kier alpha value is -1.77. The van der Waals surface area contributed by atoms with Crippen LogP contribution in [0.1, 0.15) is 28.8 Å². The van der Waals surface area contributed by atoms with E-state index in [1.165, 1.54) is 7.11 Å². The van der Waals surface area contributed by atoms with Crippen LogP contribution >= 0.6 is 12.4 Å². The van der Waals surface area contributed by atoms with Crippen LogP contribution in [0.4, 0.5) is 0 Å². The molecule has 0 unspecified atom stereocenters. The second-order valence-corrected chi connectivity index (χ2v) is 4.52. The summed E-state index contributed by atoms with van der Waals surface area (Å²) >= 11 is 0. The van der Waals surface area contributed by atoms with Crippen LogP contribution in [0.2, 0.25) is 0 Å². The lowest BCUT2D eigenvalue weighted by atomic mass is 10.1.